The third kappa shape index (κ3) is 2.90. The molecule has 1 saturated heterocycles. The molecule has 1 atom stereocenters. The minimum Gasteiger partial charge on any atom is -0.336 e. The van der Waals surface area contributed by atoms with E-state index in [1.54, 1.807) is 18.3 Å². The van der Waals surface area contributed by atoms with Gasteiger partial charge in [0.15, 0.2) is 0 Å². The number of hydrogen-bond acceptors (Lipinski definition) is 3. The molecule has 0 saturated carbocycles. The number of carbonyl (C=O) groups excluding carboxylic acids is 1. The van der Waals surface area contributed by atoms with Crippen LogP contribution in [0.3, 0.4) is 0 Å². The standard InChI is InChI=1S/C13H18BrN3O/c1-3-11-9-17(7-6-16(11)2)13(18)10-4-5-15-12(14)8-10/h4-5,8,11H,3,6-7,9H2,1-2H3. The predicted octanol–water partition coefficient (Wildman–Crippen LogP) is 2.01. The summed E-state index contributed by atoms with van der Waals surface area (Å²) >= 11 is 3.30. The van der Waals surface area contributed by atoms with E-state index in [1.807, 2.05) is 4.90 Å². The van der Waals surface area contributed by atoms with E-state index in [-0.39, 0.29) is 5.91 Å². The van der Waals surface area contributed by atoms with Crippen LogP contribution in [0.25, 0.3) is 0 Å². The Kier molecular flexibility index (Phi) is 4.35. The lowest BCUT2D eigenvalue weighted by molar-refractivity contribution is 0.0541. The first-order chi connectivity index (χ1) is 8.61. The van der Waals surface area contributed by atoms with Gasteiger partial charge < -0.3 is 4.90 Å². The summed E-state index contributed by atoms with van der Waals surface area (Å²) < 4.78 is 0.703. The molecule has 1 aliphatic rings. The molecule has 18 heavy (non-hydrogen) atoms. The van der Waals surface area contributed by atoms with Gasteiger partial charge in [-0.2, -0.15) is 0 Å². The number of piperazine rings is 1. The van der Waals surface area contributed by atoms with Gasteiger partial charge in [-0.1, -0.05) is 6.92 Å². The first-order valence-electron chi connectivity index (χ1n) is 6.23. The van der Waals surface area contributed by atoms with Crippen molar-refractivity contribution in [2.24, 2.45) is 0 Å². The molecular formula is C13H18BrN3O. The average Bonchev–Trinajstić information content (AvgIpc) is 2.38. The van der Waals surface area contributed by atoms with Crippen molar-refractivity contribution in [1.29, 1.82) is 0 Å². The van der Waals surface area contributed by atoms with Gasteiger partial charge in [0.2, 0.25) is 0 Å². The van der Waals surface area contributed by atoms with E-state index in [9.17, 15) is 4.79 Å². The highest BCUT2D eigenvalue weighted by molar-refractivity contribution is 9.10. The molecule has 98 valence electrons. The van der Waals surface area contributed by atoms with Gasteiger partial charge in [0.05, 0.1) is 0 Å². The Hall–Kier alpha value is -0.940. The number of aromatic nitrogens is 1. The quantitative estimate of drug-likeness (QED) is 0.784. The van der Waals surface area contributed by atoms with E-state index in [1.165, 1.54) is 0 Å². The molecule has 1 aromatic rings. The number of rotatable bonds is 2. The molecule has 1 aliphatic heterocycles. The van der Waals surface area contributed by atoms with E-state index in [0.29, 0.717) is 16.2 Å². The van der Waals surface area contributed by atoms with Crippen LogP contribution in [0.2, 0.25) is 0 Å². The maximum Gasteiger partial charge on any atom is 0.254 e. The van der Waals surface area contributed by atoms with Crippen molar-refractivity contribution < 1.29 is 4.79 Å². The lowest BCUT2D eigenvalue weighted by Gasteiger charge is -2.39. The zero-order chi connectivity index (χ0) is 13.1. The largest absolute Gasteiger partial charge is 0.336 e. The zero-order valence-electron chi connectivity index (χ0n) is 10.8. The van der Waals surface area contributed by atoms with E-state index >= 15 is 0 Å². The molecule has 1 fully saturated rings. The van der Waals surface area contributed by atoms with Crippen LogP contribution in [0.4, 0.5) is 0 Å². The molecule has 0 bridgehead atoms. The van der Waals surface area contributed by atoms with Crippen molar-refractivity contribution >= 4 is 21.8 Å². The van der Waals surface area contributed by atoms with Gasteiger partial charge in [0.1, 0.15) is 4.60 Å². The molecule has 0 spiro atoms. The Balaban J connectivity index is 2.10. The smallest absolute Gasteiger partial charge is 0.254 e. The van der Waals surface area contributed by atoms with Gasteiger partial charge >= 0.3 is 0 Å². The van der Waals surface area contributed by atoms with Gasteiger partial charge in [-0.05, 0) is 41.5 Å². The molecule has 1 amide bonds. The van der Waals surface area contributed by atoms with Crippen LogP contribution in [0.5, 0.6) is 0 Å². The summed E-state index contributed by atoms with van der Waals surface area (Å²) in [5.74, 6) is 0.102. The molecule has 1 aromatic heterocycles. The van der Waals surface area contributed by atoms with Crippen LogP contribution in [0.1, 0.15) is 23.7 Å². The highest BCUT2D eigenvalue weighted by Crippen LogP contribution is 2.15. The summed E-state index contributed by atoms with van der Waals surface area (Å²) in [5, 5.41) is 0. The molecule has 2 rings (SSSR count). The number of likely N-dealkylation sites (N-methyl/N-ethyl adjacent to an activating group) is 1. The summed E-state index contributed by atoms with van der Waals surface area (Å²) in [6, 6.07) is 4.02. The Morgan fingerprint density at radius 2 is 2.33 bits per heavy atom. The molecule has 5 heteroatoms. The molecule has 0 aliphatic carbocycles. The number of carbonyl (C=O) groups is 1. The van der Waals surface area contributed by atoms with E-state index < -0.39 is 0 Å². The minimum atomic E-state index is 0.102. The SMILES string of the molecule is CCC1CN(C(=O)c2ccnc(Br)c2)CCN1C. The third-order valence-corrected chi connectivity index (χ3v) is 3.94. The number of halogens is 1. The topological polar surface area (TPSA) is 36.4 Å². The maximum absolute atomic E-state index is 12.4. The lowest BCUT2D eigenvalue weighted by Crippen LogP contribution is -2.52. The van der Waals surface area contributed by atoms with E-state index in [0.717, 1.165) is 26.1 Å². The molecular weight excluding hydrogens is 294 g/mol. The second-order valence-electron chi connectivity index (χ2n) is 4.66. The zero-order valence-corrected chi connectivity index (χ0v) is 12.4. The monoisotopic (exact) mass is 311 g/mol. The second-order valence-corrected chi connectivity index (χ2v) is 5.47. The predicted molar refractivity (Wildman–Crippen MR) is 74.5 cm³/mol. The van der Waals surface area contributed by atoms with Crippen molar-refractivity contribution in [3.05, 3.63) is 28.5 Å². The highest BCUT2D eigenvalue weighted by atomic mass is 79.9. The van der Waals surface area contributed by atoms with Crippen LogP contribution < -0.4 is 0 Å². The van der Waals surface area contributed by atoms with Crippen LogP contribution in [-0.4, -0.2) is 53.4 Å². The number of hydrogen-bond donors (Lipinski definition) is 0. The summed E-state index contributed by atoms with van der Waals surface area (Å²) in [4.78, 5) is 20.7. The Morgan fingerprint density at radius 1 is 1.56 bits per heavy atom. The first-order valence-corrected chi connectivity index (χ1v) is 7.02. The fraction of sp³-hybridized carbons (Fsp3) is 0.538. The van der Waals surface area contributed by atoms with Crippen molar-refractivity contribution in [2.75, 3.05) is 26.7 Å². The van der Waals surface area contributed by atoms with E-state index in [2.05, 4.69) is 39.8 Å². The number of amides is 1. The van der Waals surface area contributed by atoms with Crippen LogP contribution in [-0.2, 0) is 0 Å². The molecule has 0 N–H and O–H groups in total. The first kappa shape index (κ1) is 13.5. The summed E-state index contributed by atoms with van der Waals surface area (Å²) in [6.45, 7) is 4.71. The summed E-state index contributed by atoms with van der Waals surface area (Å²) in [7, 11) is 2.12. The average molecular weight is 312 g/mol. The van der Waals surface area contributed by atoms with Crippen molar-refractivity contribution in [1.82, 2.24) is 14.8 Å². The Morgan fingerprint density at radius 3 is 3.00 bits per heavy atom. The maximum atomic E-state index is 12.4. The van der Waals surface area contributed by atoms with Crippen molar-refractivity contribution in [2.45, 2.75) is 19.4 Å². The fourth-order valence-electron chi connectivity index (χ4n) is 2.29. The molecule has 4 nitrogen and oxygen atoms in total. The van der Waals surface area contributed by atoms with Crippen molar-refractivity contribution in [3.8, 4) is 0 Å². The summed E-state index contributed by atoms with van der Waals surface area (Å²) in [5.41, 5.74) is 0.705. The van der Waals surface area contributed by atoms with Gasteiger partial charge in [0.25, 0.3) is 5.91 Å². The third-order valence-electron chi connectivity index (χ3n) is 3.51. The molecule has 0 radical (unpaired) electrons. The van der Waals surface area contributed by atoms with Gasteiger partial charge in [-0.15, -0.1) is 0 Å². The van der Waals surface area contributed by atoms with Crippen LogP contribution in [0.15, 0.2) is 22.9 Å². The van der Waals surface area contributed by atoms with Gasteiger partial charge in [-0.3, -0.25) is 9.69 Å². The minimum absolute atomic E-state index is 0.102. The van der Waals surface area contributed by atoms with E-state index in [4.69, 9.17) is 0 Å². The number of pyridine rings is 1. The molecule has 1 unspecified atom stereocenters. The van der Waals surface area contributed by atoms with Crippen LogP contribution in [0, 0.1) is 0 Å². The Labute approximate surface area is 116 Å². The summed E-state index contributed by atoms with van der Waals surface area (Å²) in [6.07, 6.45) is 2.73. The fourth-order valence-corrected chi connectivity index (χ4v) is 2.65. The Bertz CT molecular complexity index is 438. The van der Waals surface area contributed by atoms with Crippen molar-refractivity contribution in [3.63, 3.8) is 0 Å². The molecule has 2 heterocycles. The number of nitrogens with zero attached hydrogens (tertiary/aromatic N) is 3. The highest BCUT2D eigenvalue weighted by Gasteiger charge is 2.26. The lowest BCUT2D eigenvalue weighted by atomic mass is 10.1. The normalized spacial score (nSPS) is 21.1. The molecule has 0 aromatic carbocycles. The van der Waals surface area contributed by atoms with Gasteiger partial charge in [0, 0.05) is 37.4 Å². The second kappa shape index (κ2) is 5.80. The van der Waals surface area contributed by atoms with Gasteiger partial charge in [-0.25, -0.2) is 4.98 Å². The van der Waals surface area contributed by atoms with Crippen LogP contribution >= 0.6 is 15.9 Å².